The molecule has 0 heterocycles. The minimum absolute atomic E-state index is 0.00118. The zero-order valence-electron chi connectivity index (χ0n) is 7.71. The van der Waals surface area contributed by atoms with E-state index in [1.807, 2.05) is 13.8 Å². The average Bonchev–Trinajstić information content (AvgIpc) is 2.10. The van der Waals surface area contributed by atoms with Gasteiger partial charge in [-0.2, -0.15) is 0 Å². The molecule has 12 heavy (non-hydrogen) atoms. The van der Waals surface area contributed by atoms with E-state index < -0.39 is 6.10 Å². The highest BCUT2D eigenvalue weighted by molar-refractivity contribution is 4.95. The zero-order valence-corrected chi connectivity index (χ0v) is 7.71. The van der Waals surface area contributed by atoms with Crippen LogP contribution in [0.4, 0.5) is 0 Å². The van der Waals surface area contributed by atoms with Gasteiger partial charge in [0.25, 0.3) is 0 Å². The average molecular weight is 171 g/mol. The summed E-state index contributed by atoms with van der Waals surface area (Å²) in [4.78, 5) is 0. The van der Waals surface area contributed by atoms with E-state index in [0.29, 0.717) is 19.8 Å². The summed E-state index contributed by atoms with van der Waals surface area (Å²) in [6, 6.07) is 0.00118. The van der Waals surface area contributed by atoms with Gasteiger partial charge < -0.3 is 15.2 Å². The first kappa shape index (κ1) is 11.4. The summed E-state index contributed by atoms with van der Waals surface area (Å²) in [6.45, 7) is 5.23. The number of ether oxygens (including phenoxy) is 1. The second-order valence-corrected chi connectivity index (χ2v) is 2.61. The smallest absolute Gasteiger partial charge is 0.0898 e. The summed E-state index contributed by atoms with van der Waals surface area (Å²) in [7, 11) is 0. The van der Waals surface area contributed by atoms with Crippen LogP contribution in [0.25, 0.3) is 0 Å². The van der Waals surface area contributed by atoms with Crippen LogP contribution in [0, 0.1) is 12.3 Å². The third-order valence-corrected chi connectivity index (χ3v) is 1.42. The molecule has 2 atom stereocenters. The molecular formula is C9H17NO2. The molecule has 0 aromatic carbocycles. The molecule has 2 N–H and O–H groups in total. The maximum Gasteiger partial charge on any atom is 0.0898 e. The molecule has 0 aliphatic carbocycles. The van der Waals surface area contributed by atoms with Gasteiger partial charge in [0.2, 0.25) is 0 Å². The van der Waals surface area contributed by atoms with Gasteiger partial charge in [-0.15, -0.1) is 6.42 Å². The Morgan fingerprint density at radius 3 is 2.83 bits per heavy atom. The Kier molecular flexibility index (Phi) is 6.78. The van der Waals surface area contributed by atoms with E-state index >= 15 is 0 Å². The van der Waals surface area contributed by atoms with Gasteiger partial charge in [0.1, 0.15) is 0 Å². The Morgan fingerprint density at radius 2 is 2.33 bits per heavy atom. The third-order valence-electron chi connectivity index (χ3n) is 1.42. The predicted molar refractivity (Wildman–Crippen MR) is 48.8 cm³/mol. The van der Waals surface area contributed by atoms with Crippen LogP contribution in [0.3, 0.4) is 0 Å². The van der Waals surface area contributed by atoms with Crippen LogP contribution in [0.5, 0.6) is 0 Å². The lowest BCUT2D eigenvalue weighted by atomic mass is 10.3. The number of nitrogens with one attached hydrogen (secondary N) is 1. The van der Waals surface area contributed by atoms with Gasteiger partial charge in [0.05, 0.1) is 18.8 Å². The molecule has 0 saturated heterocycles. The molecule has 70 valence electrons. The van der Waals surface area contributed by atoms with E-state index in [9.17, 15) is 5.11 Å². The third kappa shape index (κ3) is 6.17. The van der Waals surface area contributed by atoms with Gasteiger partial charge in [-0.1, -0.05) is 5.92 Å². The molecule has 0 aliphatic rings. The van der Waals surface area contributed by atoms with Crippen molar-refractivity contribution in [1.29, 1.82) is 0 Å². The molecule has 0 fully saturated rings. The Labute approximate surface area is 74.1 Å². The molecular weight excluding hydrogens is 154 g/mol. The fourth-order valence-corrected chi connectivity index (χ4v) is 0.685. The first-order valence-corrected chi connectivity index (χ1v) is 4.16. The van der Waals surface area contributed by atoms with Crippen molar-refractivity contribution in [1.82, 2.24) is 5.32 Å². The van der Waals surface area contributed by atoms with Crippen molar-refractivity contribution in [3.63, 3.8) is 0 Å². The second kappa shape index (κ2) is 7.11. The normalized spacial score (nSPS) is 15.2. The summed E-state index contributed by atoms with van der Waals surface area (Å²) >= 11 is 0. The van der Waals surface area contributed by atoms with Crippen molar-refractivity contribution in [3.05, 3.63) is 0 Å². The monoisotopic (exact) mass is 171 g/mol. The van der Waals surface area contributed by atoms with Crippen LogP contribution in [0.1, 0.15) is 13.8 Å². The van der Waals surface area contributed by atoms with E-state index in [2.05, 4.69) is 11.2 Å². The molecule has 0 bridgehead atoms. The summed E-state index contributed by atoms with van der Waals surface area (Å²) in [5, 5.41) is 12.2. The summed E-state index contributed by atoms with van der Waals surface area (Å²) in [5.74, 6) is 2.51. The Hall–Kier alpha value is -0.560. The fourth-order valence-electron chi connectivity index (χ4n) is 0.685. The second-order valence-electron chi connectivity index (χ2n) is 2.61. The van der Waals surface area contributed by atoms with E-state index in [-0.39, 0.29) is 6.04 Å². The molecule has 3 heteroatoms. The SMILES string of the molecule is C#CC(C)NCC(O)COCC. The quantitative estimate of drug-likeness (QED) is 0.552. The Bertz CT molecular complexity index is 142. The minimum Gasteiger partial charge on any atom is -0.389 e. The molecule has 0 aliphatic heterocycles. The van der Waals surface area contributed by atoms with Crippen molar-refractivity contribution in [2.24, 2.45) is 0 Å². The molecule has 3 nitrogen and oxygen atoms in total. The number of aliphatic hydroxyl groups is 1. The van der Waals surface area contributed by atoms with Gasteiger partial charge >= 0.3 is 0 Å². The van der Waals surface area contributed by atoms with E-state index in [4.69, 9.17) is 11.2 Å². The number of hydrogen-bond acceptors (Lipinski definition) is 3. The van der Waals surface area contributed by atoms with Crippen LogP contribution in [-0.2, 0) is 4.74 Å². The molecule has 0 aromatic heterocycles. The van der Waals surface area contributed by atoms with E-state index in [0.717, 1.165) is 0 Å². The highest BCUT2D eigenvalue weighted by Gasteiger charge is 2.04. The summed E-state index contributed by atoms with van der Waals surface area (Å²) < 4.78 is 5.02. The van der Waals surface area contributed by atoms with Gasteiger partial charge in [0.15, 0.2) is 0 Å². The molecule has 0 amide bonds. The summed E-state index contributed by atoms with van der Waals surface area (Å²) in [5.41, 5.74) is 0. The topological polar surface area (TPSA) is 41.5 Å². The molecule has 0 spiro atoms. The lowest BCUT2D eigenvalue weighted by molar-refractivity contribution is 0.0424. The van der Waals surface area contributed by atoms with Gasteiger partial charge in [0, 0.05) is 13.2 Å². The van der Waals surface area contributed by atoms with Crippen LogP contribution < -0.4 is 5.32 Å². The molecule has 0 radical (unpaired) electrons. The zero-order chi connectivity index (χ0) is 9.40. The number of rotatable bonds is 6. The van der Waals surface area contributed by atoms with Crippen molar-refractivity contribution >= 4 is 0 Å². The Morgan fingerprint density at radius 1 is 1.67 bits per heavy atom. The van der Waals surface area contributed by atoms with Crippen molar-refractivity contribution in [2.45, 2.75) is 26.0 Å². The van der Waals surface area contributed by atoms with Crippen LogP contribution in [0.2, 0.25) is 0 Å². The standard InChI is InChI=1S/C9H17NO2/c1-4-8(3)10-6-9(11)7-12-5-2/h1,8-11H,5-7H2,2-3H3. The van der Waals surface area contributed by atoms with Crippen LogP contribution >= 0.6 is 0 Å². The van der Waals surface area contributed by atoms with Crippen molar-refractivity contribution in [3.8, 4) is 12.3 Å². The van der Waals surface area contributed by atoms with Crippen LogP contribution in [0.15, 0.2) is 0 Å². The first-order valence-electron chi connectivity index (χ1n) is 4.16. The van der Waals surface area contributed by atoms with Gasteiger partial charge in [-0.25, -0.2) is 0 Å². The lowest BCUT2D eigenvalue weighted by Crippen LogP contribution is -2.35. The largest absolute Gasteiger partial charge is 0.389 e. The van der Waals surface area contributed by atoms with E-state index in [1.54, 1.807) is 0 Å². The lowest BCUT2D eigenvalue weighted by Gasteiger charge is -2.12. The number of aliphatic hydroxyl groups excluding tert-OH is 1. The highest BCUT2D eigenvalue weighted by Crippen LogP contribution is 1.85. The Balaban J connectivity index is 3.31. The maximum atomic E-state index is 9.27. The predicted octanol–water partition coefficient (Wildman–Crippen LogP) is -0.00490. The van der Waals surface area contributed by atoms with E-state index in [1.165, 1.54) is 0 Å². The minimum atomic E-state index is -0.472. The van der Waals surface area contributed by atoms with Crippen LogP contribution in [-0.4, -0.2) is 37.0 Å². The van der Waals surface area contributed by atoms with Crippen molar-refractivity contribution < 1.29 is 9.84 Å². The number of hydrogen-bond donors (Lipinski definition) is 2. The fraction of sp³-hybridized carbons (Fsp3) is 0.778. The summed E-state index contributed by atoms with van der Waals surface area (Å²) in [6.07, 6.45) is 4.66. The van der Waals surface area contributed by atoms with Gasteiger partial charge in [-0.3, -0.25) is 0 Å². The molecule has 0 saturated carbocycles. The molecule has 0 rings (SSSR count). The highest BCUT2D eigenvalue weighted by atomic mass is 16.5. The number of terminal acetylenes is 1. The molecule has 2 unspecified atom stereocenters. The van der Waals surface area contributed by atoms with Gasteiger partial charge in [-0.05, 0) is 13.8 Å². The van der Waals surface area contributed by atoms with Crippen molar-refractivity contribution in [2.75, 3.05) is 19.8 Å². The molecule has 0 aromatic rings. The maximum absolute atomic E-state index is 9.27. The first-order chi connectivity index (χ1) is 5.70.